The lowest BCUT2D eigenvalue weighted by Gasteiger charge is -2.65. The molecule has 2 aromatic rings. The van der Waals surface area contributed by atoms with E-state index < -0.39 is 78.0 Å². The molecule has 1 spiro atoms. The van der Waals surface area contributed by atoms with Crippen molar-refractivity contribution in [3.05, 3.63) is 59.7 Å². The minimum absolute atomic E-state index is 0.0394. The maximum atomic E-state index is 13.3. The van der Waals surface area contributed by atoms with Gasteiger partial charge >= 0.3 is 23.8 Å². The van der Waals surface area contributed by atoms with Crippen LogP contribution in [0.1, 0.15) is 131 Å². The average molecular weight is 1250 g/mol. The molecular formula is C64H96F4O15S2+2. The van der Waals surface area contributed by atoms with Crippen molar-refractivity contribution in [2.75, 3.05) is 102 Å². The summed E-state index contributed by atoms with van der Waals surface area (Å²) in [6.45, 7) is 16.7. The van der Waals surface area contributed by atoms with Crippen molar-refractivity contribution in [1.29, 1.82) is 0 Å². The molecule has 0 aromatic heterocycles. The normalized spacial score (nSPS) is 29.5. The number of rotatable bonds is 12. The fourth-order valence-corrected chi connectivity index (χ4v) is 17.5. The van der Waals surface area contributed by atoms with Gasteiger partial charge in [0.2, 0.25) is 0 Å². The highest BCUT2D eigenvalue weighted by molar-refractivity contribution is 7.97. The van der Waals surface area contributed by atoms with Gasteiger partial charge in [0, 0.05) is 59.3 Å². The Morgan fingerprint density at radius 1 is 0.529 bits per heavy atom. The smallest absolute Gasteiger partial charge is 0.377 e. The number of carbonyl (C=O) groups is 3. The summed E-state index contributed by atoms with van der Waals surface area (Å²) in [5.74, 6) is -5.17. The topological polar surface area (TPSA) is 228 Å². The molecule has 13 rings (SSSR count). The first-order chi connectivity index (χ1) is 39.8. The number of esters is 2. The summed E-state index contributed by atoms with van der Waals surface area (Å²) in [6.07, 6.45) is 6.45. The number of halogens is 4. The number of hydrogen-bond donors (Lipinski definition) is 6. The van der Waals surface area contributed by atoms with Gasteiger partial charge in [0.05, 0.1) is 90.1 Å². The van der Waals surface area contributed by atoms with Gasteiger partial charge in [-0.25, -0.2) is 9.59 Å². The van der Waals surface area contributed by atoms with E-state index in [1.807, 2.05) is 0 Å². The van der Waals surface area contributed by atoms with Crippen LogP contribution in [0.25, 0.3) is 0 Å². The molecule has 8 bridgehead atoms. The summed E-state index contributed by atoms with van der Waals surface area (Å²) in [5.41, 5.74) is -0.196. The maximum absolute atomic E-state index is 13.3. The quantitative estimate of drug-likeness (QED) is 0.0679. The van der Waals surface area contributed by atoms with Crippen molar-refractivity contribution in [3.63, 3.8) is 0 Å². The molecule has 15 nitrogen and oxygen atoms in total. The SMILES string of the molecule is CC(C)(C)c1ccc([S+]2CCOCC2)cc1.CC(C)(C)c1ccc([S+]2CCOCC2)cc1.CC(F)(F)C(=O)OC12CC3CC(C1)C(=O)C(C3)C2.CC(F)(F)C(=O)OC12CC3CC(C1)C1(OCC(CO)(CO)CO1)C(C3)C2.OCC(CO)(CO)CO. The fraction of sp³-hybridized carbons (Fsp3) is 0.766. The van der Waals surface area contributed by atoms with Gasteiger partial charge in [-0.1, -0.05) is 65.8 Å². The molecule has 2 aromatic carbocycles. The van der Waals surface area contributed by atoms with Crippen molar-refractivity contribution in [2.45, 2.75) is 169 Å². The fourth-order valence-electron chi connectivity index (χ4n) is 13.8. The van der Waals surface area contributed by atoms with Gasteiger partial charge < -0.3 is 59.1 Å². The van der Waals surface area contributed by atoms with Gasteiger partial charge in [0.25, 0.3) is 0 Å². The van der Waals surface area contributed by atoms with E-state index in [9.17, 15) is 42.2 Å². The van der Waals surface area contributed by atoms with Crippen LogP contribution in [0, 0.1) is 46.3 Å². The molecule has 3 heterocycles. The Morgan fingerprint density at radius 3 is 1.18 bits per heavy atom. The third-order valence-corrected chi connectivity index (χ3v) is 23.3. The van der Waals surface area contributed by atoms with E-state index >= 15 is 0 Å². The lowest BCUT2D eigenvalue weighted by atomic mass is 9.51. The lowest BCUT2D eigenvalue weighted by Crippen LogP contribution is -2.69. The summed E-state index contributed by atoms with van der Waals surface area (Å²) in [6, 6.07) is 18.4. The zero-order valence-electron chi connectivity index (χ0n) is 51.2. The van der Waals surface area contributed by atoms with E-state index in [2.05, 4.69) is 90.1 Å². The van der Waals surface area contributed by atoms with Gasteiger partial charge in [0.15, 0.2) is 15.6 Å². The van der Waals surface area contributed by atoms with Crippen LogP contribution >= 0.6 is 0 Å². The third-order valence-electron chi connectivity index (χ3n) is 18.8. The first-order valence-corrected chi connectivity index (χ1v) is 33.4. The van der Waals surface area contributed by atoms with E-state index in [0.29, 0.717) is 86.0 Å². The van der Waals surface area contributed by atoms with Crippen LogP contribution in [0.3, 0.4) is 0 Å². The predicted octanol–water partition coefficient (Wildman–Crippen LogP) is 7.74. The van der Waals surface area contributed by atoms with Crippen LogP contribution in [0.15, 0.2) is 58.3 Å². The van der Waals surface area contributed by atoms with Crippen LogP contribution < -0.4 is 0 Å². The van der Waals surface area contributed by atoms with Gasteiger partial charge in [-0.05, 0) is 122 Å². The molecule has 8 saturated carbocycles. The second kappa shape index (κ2) is 28.1. The molecule has 4 unspecified atom stereocenters. The molecule has 11 fully saturated rings. The van der Waals surface area contributed by atoms with E-state index in [4.69, 9.17) is 48.8 Å². The zero-order valence-corrected chi connectivity index (χ0v) is 52.8. The minimum Gasteiger partial charge on any atom is -0.455 e. The Bertz CT molecular complexity index is 2360. The van der Waals surface area contributed by atoms with Crippen molar-refractivity contribution < 1.29 is 91.0 Å². The van der Waals surface area contributed by atoms with Crippen molar-refractivity contribution >= 4 is 39.5 Å². The standard InChI is InChI=1S/C18H26F2O6.2C14H21OS.C13H16F2O3.C5H12O4/c1-15(19,20)14(23)26-17-4-11-2-12(5-17)18(13(3-11)6-17)24-9-16(7-21,8-22)10-25-18;2*1-14(2,3)12-4-6-13(7-5-12)16-10-8-15-9-11-16;1-12(14,15)11(17)18-13-4-7-2-8(5-13)10(16)9(3-7)6-13;6-1-5(2-7,3-8)4-9/h11-13,21-22H,2-10H2,1H3;2*4-7H,8-11H2,1-3H3;7-9H,2-6H2,1H3;6-9H,1-4H2/q;2*+1;;. The predicted molar refractivity (Wildman–Crippen MR) is 316 cm³/mol. The number of aliphatic hydroxyl groups is 6. The highest BCUT2D eigenvalue weighted by Crippen LogP contribution is 2.64. The number of alkyl halides is 4. The molecule has 3 saturated heterocycles. The Hall–Kier alpha value is -2.93. The van der Waals surface area contributed by atoms with Crippen molar-refractivity contribution in [1.82, 2.24) is 0 Å². The first-order valence-electron chi connectivity index (χ1n) is 30.2. The second-order valence-electron chi connectivity index (χ2n) is 27.8. The molecule has 480 valence electrons. The van der Waals surface area contributed by atoms with Crippen LogP contribution in [0.5, 0.6) is 0 Å². The number of hydrogen-bond acceptors (Lipinski definition) is 15. The minimum atomic E-state index is -3.50. The third kappa shape index (κ3) is 16.9. The van der Waals surface area contributed by atoms with E-state index in [1.165, 1.54) is 43.9 Å². The van der Waals surface area contributed by atoms with E-state index in [1.54, 1.807) is 0 Å². The molecule has 0 amide bonds. The van der Waals surface area contributed by atoms with E-state index in [-0.39, 0.29) is 66.7 Å². The molecule has 11 aliphatic rings. The second-order valence-corrected chi connectivity index (χ2v) is 32.4. The Balaban J connectivity index is 0.000000158. The first kappa shape index (κ1) is 69.5. The van der Waals surface area contributed by atoms with E-state index in [0.717, 1.165) is 52.1 Å². The van der Waals surface area contributed by atoms with Crippen molar-refractivity contribution in [2.24, 2.45) is 46.3 Å². The molecule has 4 atom stereocenters. The summed E-state index contributed by atoms with van der Waals surface area (Å²) >= 11 is 0. The van der Waals surface area contributed by atoms with Crippen LogP contribution in [0.4, 0.5) is 17.6 Å². The van der Waals surface area contributed by atoms with Gasteiger partial charge in [-0.2, -0.15) is 17.6 Å². The molecule has 0 radical (unpaired) electrons. The summed E-state index contributed by atoms with van der Waals surface area (Å²) in [5, 5.41) is 53.1. The van der Waals surface area contributed by atoms with Gasteiger partial charge in [0.1, 0.15) is 40.0 Å². The molecule has 85 heavy (non-hydrogen) atoms. The Labute approximate surface area is 505 Å². The monoisotopic (exact) mass is 1240 g/mol. The summed E-state index contributed by atoms with van der Waals surface area (Å²) < 4.78 is 86.1. The average Bonchev–Trinajstić information content (AvgIpc) is 0.879. The number of aliphatic hydroxyl groups excluding tert-OH is 6. The number of ketones is 1. The highest BCUT2D eigenvalue weighted by atomic mass is 32.2. The van der Waals surface area contributed by atoms with Crippen LogP contribution in [0.2, 0.25) is 0 Å². The number of Topliss-reactive ketones (excluding diaryl/α,β-unsaturated/α-hetero) is 1. The Kier molecular flexibility index (Phi) is 23.0. The molecule has 6 N–H and O–H groups in total. The molecule has 3 aliphatic heterocycles. The molecule has 21 heteroatoms. The number of carbonyl (C=O) groups excluding carboxylic acids is 3. The van der Waals surface area contributed by atoms with Crippen LogP contribution in [-0.2, 0) is 75.4 Å². The summed E-state index contributed by atoms with van der Waals surface area (Å²) in [7, 11) is 0.864. The highest BCUT2D eigenvalue weighted by Gasteiger charge is 2.68. The van der Waals surface area contributed by atoms with Crippen LogP contribution in [-0.4, -0.2) is 179 Å². The number of benzene rings is 2. The zero-order chi connectivity index (χ0) is 62.4. The lowest BCUT2D eigenvalue weighted by molar-refractivity contribution is -0.397. The van der Waals surface area contributed by atoms with Crippen molar-refractivity contribution in [3.8, 4) is 0 Å². The molecule has 8 aliphatic carbocycles. The van der Waals surface area contributed by atoms with Gasteiger partial charge in [-0.15, -0.1) is 0 Å². The summed E-state index contributed by atoms with van der Waals surface area (Å²) in [4.78, 5) is 38.1. The number of ether oxygens (including phenoxy) is 6. The maximum Gasteiger partial charge on any atom is 0.377 e. The molecular weight excluding hydrogens is 1150 g/mol. The Morgan fingerprint density at radius 2 is 0.871 bits per heavy atom. The van der Waals surface area contributed by atoms with Gasteiger partial charge in [-0.3, -0.25) is 4.79 Å². The largest absolute Gasteiger partial charge is 0.455 e.